The minimum Gasteiger partial charge on any atom is -0.494 e. The fraction of sp³-hybridized carbons (Fsp3) is 0.568. The standard InChI is InChI=1S/C37H43F2N5O5/c1-36-11-10-27-26-7-5-25(14-22(26)4-6-28(27)30(36)8-9-34(36)45)48-13-3-12-43-19-23(41-42-43)20-49-33-16-31-29(15-32(33)47-2)35(46)44-21-37(38,39)17-24(44)18-40-31/h5,7,14-16,18-19,24,27-28,30,34,45H,3-4,6,8-13,17,20-21H2,1-2H3/t24-,27+,28+,30-,34-,36-/m0/s1. The van der Waals surface area contributed by atoms with Gasteiger partial charge in [-0.2, -0.15) is 0 Å². The van der Waals surface area contributed by atoms with Crippen molar-refractivity contribution in [3.63, 3.8) is 0 Å². The number of aliphatic hydroxyl groups excluding tert-OH is 1. The molecule has 8 rings (SSSR count). The van der Waals surface area contributed by atoms with Gasteiger partial charge in [-0.3, -0.25) is 14.5 Å². The van der Waals surface area contributed by atoms with Crippen molar-refractivity contribution >= 4 is 17.8 Å². The van der Waals surface area contributed by atoms with Crippen molar-refractivity contribution in [2.24, 2.45) is 22.2 Å². The lowest BCUT2D eigenvalue weighted by Gasteiger charge is -2.50. The van der Waals surface area contributed by atoms with E-state index in [1.54, 1.807) is 10.7 Å². The van der Waals surface area contributed by atoms with Crippen molar-refractivity contribution in [3.8, 4) is 17.2 Å². The van der Waals surface area contributed by atoms with Gasteiger partial charge < -0.3 is 24.2 Å². The molecule has 0 spiro atoms. The Hall–Kier alpha value is -4.06. The van der Waals surface area contributed by atoms with Crippen molar-refractivity contribution in [2.75, 3.05) is 20.3 Å². The molecular formula is C37H43F2N5O5. The van der Waals surface area contributed by atoms with Gasteiger partial charge in [0.2, 0.25) is 0 Å². The van der Waals surface area contributed by atoms with Crippen molar-refractivity contribution in [1.29, 1.82) is 0 Å². The largest absolute Gasteiger partial charge is 0.494 e. The van der Waals surface area contributed by atoms with Crippen molar-refractivity contribution in [3.05, 3.63) is 58.9 Å². The molecule has 5 aliphatic rings. The number of hydrogen-bond donors (Lipinski definition) is 1. The summed E-state index contributed by atoms with van der Waals surface area (Å²) < 4.78 is 47.3. The first kappa shape index (κ1) is 32.2. The molecule has 1 aromatic heterocycles. The molecule has 0 radical (unpaired) electrons. The summed E-state index contributed by atoms with van der Waals surface area (Å²) in [5.41, 5.74) is 4.15. The first-order valence-corrected chi connectivity index (χ1v) is 17.5. The number of carbonyl (C=O) groups excluding carboxylic acids is 1. The van der Waals surface area contributed by atoms with Gasteiger partial charge in [-0.25, -0.2) is 8.78 Å². The van der Waals surface area contributed by atoms with Gasteiger partial charge in [-0.1, -0.05) is 18.2 Å². The second-order valence-electron chi connectivity index (χ2n) is 14.7. The van der Waals surface area contributed by atoms with Crippen LogP contribution in [0.5, 0.6) is 17.2 Å². The van der Waals surface area contributed by atoms with Crippen molar-refractivity contribution < 1.29 is 32.9 Å². The SMILES string of the molecule is COc1cc2c(cc1OCc1cn(CCCOc3ccc4c(c3)CC[C@@H]3[C@@H]4CC[C@]4(C)[C@@H](O)CC[C@@H]34)nn1)N=C[C@@H]1CC(F)(F)CN1C2=O. The highest BCUT2D eigenvalue weighted by molar-refractivity contribution is 6.03. The second-order valence-corrected chi connectivity index (χ2v) is 14.7. The van der Waals surface area contributed by atoms with Gasteiger partial charge in [0.1, 0.15) is 18.1 Å². The molecule has 2 saturated carbocycles. The minimum atomic E-state index is -2.94. The zero-order valence-electron chi connectivity index (χ0n) is 28.0. The summed E-state index contributed by atoms with van der Waals surface area (Å²) in [5.74, 6) is 0.0286. The number of ether oxygens (including phenoxy) is 3. The summed E-state index contributed by atoms with van der Waals surface area (Å²) in [7, 11) is 1.46. The number of aryl methyl sites for hydroxylation is 2. The smallest absolute Gasteiger partial charge is 0.267 e. The molecule has 6 atom stereocenters. The van der Waals surface area contributed by atoms with Crippen LogP contribution in [0.15, 0.2) is 41.5 Å². The lowest BCUT2D eigenvalue weighted by molar-refractivity contribution is -0.0226. The van der Waals surface area contributed by atoms with Gasteiger partial charge in [0.05, 0.1) is 49.9 Å². The number of hydrogen-bond acceptors (Lipinski definition) is 8. The predicted molar refractivity (Wildman–Crippen MR) is 177 cm³/mol. The van der Waals surface area contributed by atoms with Gasteiger partial charge >= 0.3 is 0 Å². The molecule has 3 heterocycles. The molecule has 0 bridgehead atoms. The maximum absolute atomic E-state index is 14.0. The number of methoxy groups -OCH3 is 1. The van der Waals surface area contributed by atoms with Crippen LogP contribution in [0.2, 0.25) is 0 Å². The van der Waals surface area contributed by atoms with E-state index in [-0.39, 0.29) is 23.7 Å². The van der Waals surface area contributed by atoms with Gasteiger partial charge in [-0.15, -0.1) is 5.10 Å². The number of halogens is 2. The average molecular weight is 676 g/mol. The molecule has 2 aliphatic heterocycles. The maximum Gasteiger partial charge on any atom is 0.267 e. The summed E-state index contributed by atoms with van der Waals surface area (Å²) >= 11 is 0. The van der Waals surface area contributed by atoms with E-state index in [2.05, 4.69) is 40.4 Å². The third kappa shape index (κ3) is 5.85. The Morgan fingerprint density at radius 3 is 2.82 bits per heavy atom. The van der Waals surface area contributed by atoms with E-state index in [0.29, 0.717) is 53.8 Å². The first-order valence-electron chi connectivity index (χ1n) is 17.5. The summed E-state index contributed by atoms with van der Waals surface area (Å²) in [4.78, 5) is 18.6. The molecule has 3 fully saturated rings. The second kappa shape index (κ2) is 12.4. The van der Waals surface area contributed by atoms with Crippen molar-refractivity contribution in [2.45, 2.75) is 95.4 Å². The highest BCUT2D eigenvalue weighted by Gasteiger charge is 2.54. The molecule has 1 N–H and O–H groups in total. The fourth-order valence-corrected chi connectivity index (χ4v) is 9.33. The highest BCUT2D eigenvalue weighted by Crippen LogP contribution is 2.61. The summed E-state index contributed by atoms with van der Waals surface area (Å²) in [6.45, 7) is 2.98. The monoisotopic (exact) mass is 675 g/mol. The highest BCUT2D eigenvalue weighted by atomic mass is 19.3. The molecule has 260 valence electrons. The summed E-state index contributed by atoms with van der Waals surface area (Å²) in [6, 6.07) is 8.96. The Morgan fingerprint density at radius 2 is 1.96 bits per heavy atom. The van der Waals surface area contributed by atoms with Crippen LogP contribution >= 0.6 is 0 Å². The number of aromatic nitrogens is 3. The predicted octanol–water partition coefficient (Wildman–Crippen LogP) is 6.12. The molecule has 49 heavy (non-hydrogen) atoms. The third-order valence-corrected chi connectivity index (χ3v) is 11.9. The molecule has 3 aromatic rings. The number of fused-ring (bicyclic) bond motifs is 7. The molecule has 0 unspecified atom stereocenters. The van der Waals surface area contributed by atoms with E-state index in [1.165, 1.54) is 36.9 Å². The van der Waals surface area contributed by atoms with Crippen LogP contribution in [-0.2, 0) is 19.6 Å². The van der Waals surface area contributed by atoms with E-state index in [0.717, 1.165) is 49.2 Å². The number of benzene rings is 2. The quantitative estimate of drug-likeness (QED) is 0.272. The van der Waals surface area contributed by atoms with Gasteiger partial charge in [-0.05, 0) is 91.0 Å². The van der Waals surface area contributed by atoms with E-state index >= 15 is 0 Å². The van der Waals surface area contributed by atoms with Gasteiger partial charge in [0, 0.05) is 31.7 Å². The van der Waals surface area contributed by atoms with E-state index in [1.807, 2.05) is 6.20 Å². The molecule has 2 aromatic carbocycles. The van der Waals surface area contributed by atoms with Crippen LogP contribution in [0.1, 0.15) is 85.0 Å². The Balaban J connectivity index is 0.839. The van der Waals surface area contributed by atoms with Gasteiger partial charge in [0.25, 0.3) is 11.8 Å². The lowest BCUT2D eigenvalue weighted by atomic mass is 9.55. The summed E-state index contributed by atoms with van der Waals surface area (Å²) in [5, 5.41) is 19.1. The van der Waals surface area contributed by atoms with Gasteiger partial charge in [0.15, 0.2) is 11.5 Å². The van der Waals surface area contributed by atoms with Crippen molar-refractivity contribution in [1.82, 2.24) is 19.9 Å². The maximum atomic E-state index is 14.0. The fourth-order valence-electron chi connectivity index (χ4n) is 9.33. The van der Waals surface area contributed by atoms with E-state index in [9.17, 15) is 18.7 Å². The Morgan fingerprint density at radius 1 is 1.08 bits per heavy atom. The Labute approximate surface area is 284 Å². The normalized spacial score (nSPS) is 29.4. The van der Waals surface area contributed by atoms with Crippen LogP contribution in [-0.4, -0.2) is 75.5 Å². The van der Waals surface area contributed by atoms with Crippen LogP contribution < -0.4 is 14.2 Å². The number of aliphatic hydroxyl groups is 1. The van der Waals surface area contributed by atoms with E-state index < -0.39 is 30.8 Å². The number of nitrogens with zero attached hydrogens (tertiary/aromatic N) is 5. The molecule has 3 aliphatic carbocycles. The Bertz CT molecular complexity index is 1780. The molecule has 1 amide bonds. The number of carbonyl (C=O) groups is 1. The first-order chi connectivity index (χ1) is 23.6. The van der Waals surface area contributed by atoms with Crippen LogP contribution in [0.25, 0.3) is 0 Å². The Kier molecular flexibility index (Phi) is 8.12. The third-order valence-electron chi connectivity index (χ3n) is 11.9. The molecule has 1 saturated heterocycles. The number of alkyl halides is 2. The van der Waals surface area contributed by atoms with Crippen LogP contribution in [0.3, 0.4) is 0 Å². The molecule has 12 heteroatoms. The van der Waals surface area contributed by atoms with Crippen LogP contribution in [0, 0.1) is 17.3 Å². The zero-order chi connectivity index (χ0) is 33.9. The molecule has 10 nitrogen and oxygen atoms in total. The zero-order valence-corrected chi connectivity index (χ0v) is 28.0. The van der Waals surface area contributed by atoms with E-state index in [4.69, 9.17) is 14.2 Å². The molecular weight excluding hydrogens is 632 g/mol. The number of rotatable bonds is 9. The minimum absolute atomic E-state index is 0.0959. The number of aliphatic imine (C=N–C) groups is 1. The topological polar surface area (TPSA) is 111 Å². The average Bonchev–Trinajstić information content (AvgIpc) is 3.75. The number of amides is 1. The summed E-state index contributed by atoms with van der Waals surface area (Å²) in [6.07, 6.45) is 10.0. The van der Waals surface area contributed by atoms with Crippen LogP contribution in [0.4, 0.5) is 14.5 Å². The lowest BCUT2D eigenvalue weighted by Crippen LogP contribution is -2.43.